The van der Waals surface area contributed by atoms with Crippen molar-refractivity contribution in [3.8, 4) is 0 Å². The lowest BCUT2D eigenvalue weighted by molar-refractivity contribution is -0.133. The highest BCUT2D eigenvalue weighted by Crippen LogP contribution is 2.09. The molecule has 0 spiro atoms. The van der Waals surface area contributed by atoms with E-state index >= 15 is 0 Å². The van der Waals surface area contributed by atoms with Crippen molar-refractivity contribution in [3.05, 3.63) is 11.1 Å². The van der Waals surface area contributed by atoms with Gasteiger partial charge in [0.25, 0.3) is 0 Å². The van der Waals surface area contributed by atoms with Gasteiger partial charge in [0.1, 0.15) is 5.70 Å². The van der Waals surface area contributed by atoms with Crippen LogP contribution in [-0.4, -0.2) is 23.4 Å². The predicted octanol–water partition coefficient (Wildman–Crippen LogP) is 0.249. The van der Waals surface area contributed by atoms with E-state index in [2.05, 4.69) is 5.32 Å². The number of aliphatic carboxylic acids is 1. The van der Waals surface area contributed by atoms with Gasteiger partial charge in [0.2, 0.25) is 0 Å². The first-order valence-electron chi connectivity index (χ1n) is 2.59. The average Bonchev–Trinajstić information content (AvgIpc) is 1.90. The molecule has 3 nitrogen and oxygen atoms in total. The fourth-order valence-corrected chi connectivity index (χ4v) is 1.24. The number of hydrogen-bond acceptors (Lipinski definition) is 3. The molecular formula is C5H7NO2S. The number of carboxylic acids is 1. The SMILES string of the molecule is O=C(O)C1=CSCCN1. The van der Waals surface area contributed by atoms with Gasteiger partial charge in [-0.1, -0.05) is 0 Å². The molecule has 50 valence electrons. The molecule has 0 saturated heterocycles. The van der Waals surface area contributed by atoms with Crippen molar-refractivity contribution >= 4 is 17.7 Å². The van der Waals surface area contributed by atoms with Gasteiger partial charge in [-0.25, -0.2) is 4.79 Å². The van der Waals surface area contributed by atoms with Crippen LogP contribution >= 0.6 is 11.8 Å². The Morgan fingerprint density at radius 1 is 1.89 bits per heavy atom. The van der Waals surface area contributed by atoms with Crippen LogP contribution in [0.25, 0.3) is 0 Å². The first-order valence-corrected chi connectivity index (χ1v) is 3.64. The van der Waals surface area contributed by atoms with E-state index in [1.54, 1.807) is 5.41 Å². The van der Waals surface area contributed by atoms with E-state index in [-0.39, 0.29) is 0 Å². The molecule has 0 bridgehead atoms. The summed E-state index contributed by atoms with van der Waals surface area (Å²) in [6, 6.07) is 0. The highest BCUT2D eigenvalue weighted by molar-refractivity contribution is 8.02. The first-order chi connectivity index (χ1) is 4.30. The summed E-state index contributed by atoms with van der Waals surface area (Å²) in [5, 5.41) is 12.8. The number of rotatable bonds is 1. The summed E-state index contributed by atoms with van der Waals surface area (Å²) in [6.45, 7) is 0.753. The van der Waals surface area contributed by atoms with Crippen molar-refractivity contribution in [2.45, 2.75) is 0 Å². The van der Waals surface area contributed by atoms with Gasteiger partial charge in [-0.3, -0.25) is 0 Å². The first kappa shape index (κ1) is 6.48. The molecule has 4 heteroatoms. The van der Waals surface area contributed by atoms with E-state index in [1.807, 2.05) is 0 Å². The Hall–Kier alpha value is -0.640. The molecule has 0 saturated carbocycles. The maximum Gasteiger partial charge on any atom is 0.352 e. The molecular weight excluding hydrogens is 138 g/mol. The van der Waals surface area contributed by atoms with Crippen molar-refractivity contribution in [3.63, 3.8) is 0 Å². The van der Waals surface area contributed by atoms with E-state index in [1.165, 1.54) is 11.8 Å². The fraction of sp³-hybridized carbons (Fsp3) is 0.400. The Labute approximate surface area is 57.1 Å². The lowest BCUT2D eigenvalue weighted by atomic mass is 10.5. The molecule has 0 aromatic heterocycles. The third-order valence-corrected chi connectivity index (χ3v) is 1.81. The Balaban J connectivity index is 2.57. The van der Waals surface area contributed by atoms with Gasteiger partial charge in [0, 0.05) is 17.7 Å². The van der Waals surface area contributed by atoms with E-state index in [4.69, 9.17) is 5.11 Å². The molecule has 0 fully saturated rings. The minimum atomic E-state index is -0.873. The van der Waals surface area contributed by atoms with Gasteiger partial charge in [-0.2, -0.15) is 0 Å². The standard InChI is InChI=1S/C5H7NO2S/c7-5(8)4-3-9-2-1-6-4/h3,6H,1-2H2,(H,7,8). The molecule has 0 aromatic rings. The second-order valence-electron chi connectivity index (χ2n) is 1.63. The Morgan fingerprint density at radius 2 is 2.67 bits per heavy atom. The van der Waals surface area contributed by atoms with Crippen LogP contribution in [0, 0.1) is 0 Å². The van der Waals surface area contributed by atoms with E-state index in [0.717, 1.165) is 12.3 Å². The third-order valence-electron chi connectivity index (χ3n) is 0.967. The maximum absolute atomic E-state index is 10.2. The van der Waals surface area contributed by atoms with Gasteiger partial charge in [-0.15, -0.1) is 11.8 Å². The molecule has 0 unspecified atom stereocenters. The summed E-state index contributed by atoms with van der Waals surface area (Å²) in [6.07, 6.45) is 0. The second kappa shape index (κ2) is 2.77. The zero-order valence-corrected chi connectivity index (χ0v) is 5.57. The summed E-state index contributed by atoms with van der Waals surface area (Å²) in [5.41, 5.74) is 0.311. The summed E-state index contributed by atoms with van der Waals surface area (Å²) in [5.74, 6) is 0.0822. The number of thioether (sulfide) groups is 1. The molecule has 1 rings (SSSR count). The molecule has 0 aromatic carbocycles. The quantitative estimate of drug-likeness (QED) is 0.555. The zero-order valence-electron chi connectivity index (χ0n) is 4.76. The predicted molar refractivity (Wildman–Crippen MR) is 36.2 cm³/mol. The van der Waals surface area contributed by atoms with Crippen LogP contribution < -0.4 is 5.32 Å². The lowest BCUT2D eigenvalue weighted by Gasteiger charge is -2.09. The van der Waals surface area contributed by atoms with Crippen LogP contribution in [0.3, 0.4) is 0 Å². The minimum absolute atomic E-state index is 0.311. The summed E-state index contributed by atoms with van der Waals surface area (Å²) in [7, 11) is 0. The van der Waals surface area contributed by atoms with Crippen molar-refractivity contribution < 1.29 is 9.90 Å². The Bertz CT molecular complexity index is 155. The number of nitrogens with one attached hydrogen (secondary N) is 1. The number of carboxylic acid groups (broad SMARTS) is 1. The molecule has 1 heterocycles. The molecule has 1 aliphatic rings. The van der Waals surface area contributed by atoms with Gasteiger partial charge in [-0.05, 0) is 0 Å². The normalized spacial score (nSPS) is 18.0. The lowest BCUT2D eigenvalue weighted by Crippen LogP contribution is -2.24. The van der Waals surface area contributed by atoms with Crippen LogP contribution in [0.4, 0.5) is 0 Å². The van der Waals surface area contributed by atoms with Crippen LogP contribution in [-0.2, 0) is 4.79 Å². The Morgan fingerprint density at radius 3 is 3.00 bits per heavy atom. The molecule has 0 radical (unpaired) electrons. The smallest absolute Gasteiger partial charge is 0.352 e. The van der Waals surface area contributed by atoms with E-state index in [9.17, 15) is 4.79 Å². The van der Waals surface area contributed by atoms with Crippen molar-refractivity contribution in [1.82, 2.24) is 5.32 Å². The van der Waals surface area contributed by atoms with E-state index < -0.39 is 5.97 Å². The Kier molecular flexibility index (Phi) is 2.00. The summed E-state index contributed by atoms with van der Waals surface area (Å²) < 4.78 is 0. The summed E-state index contributed by atoms with van der Waals surface area (Å²) >= 11 is 1.53. The fourth-order valence-electron chi connectivity index (χ4n) is 0.555. The van der Waals surface area contributed by atoms with Crippen molar-refractivity contribution in [1.29, 1.82) is 0 Å². The molecule has 1 aliphatic heterocycles. The monoisotopic (exact) mass is 145 g/mol. The highest BCUT2D eigenvalue weighted by atomic mass is 32.2. The minimum Gasteiger partial charge on any atom is -0.477 e. The van der Waals surface area contributed by atoms with Crippen molar-refractivity contribution in [2.75, 3.05) is 12.3 Å². The average molecular weight is 145 g/mol. The summed E-state index contributed by atoms with van der Waals surface area (Å²) in [4.78, 5) is 10.2. The highest BCUT2D eigenvalue weighted by Gasteiger charge is 2.08. The molecule has 0 atom stereocenters. The van der Waals surface area contributed by atoms with Gasteiger partial charge in [0.05, 0.1) is 0 Å². The van der Waals surface area contributed by atoms with Crippen molar-refractivity contribution in [2.24, 2.45) is 0 Å². The van der Waals surface area contributed by atoms with Crippen LogP contribution in [0.1, 0.15) is 0 Å². The largest absolute Gasteiger partial charge is 0.477 e. The zero-order chi connectivity index (χ0) is 6.69. The topological polar surface area (TPSA) is 49.3 Å². The molecule has 0 amide bonds. The molecule has 9 heavy (non-hydrogen) atoms. The van der Waals surface area contributed by atoms with Gasteiger partial charge >= 0.3 is 5.97 Å². The maximum atomic E-state index is 10.2. The van der Waals surface area contributed by atoms with Crippen LogP contribution in [0.15, 0.2) is 11.1 Å². The van der Waals surface area contributed by atoms with E-state index in [0.29, 0.717) is 5.70 Å². The second-order valence-corrected chi connectivity index (χ2v) is 2.61. The molecule has 0 aliphatic carbocycles. The number of carbonyl (C=O) groups is 1. The third kappa shape index (κ3) is 1.64. The van der Waals surface area contributed by atoms with Crippen LogP contribution in [0.2, 0.25) is 0 Å². The number of hydrogen-bond donors (Lipinski definition) is 2. The van der Waals surface area contributed by atoms with Gasteiger partial charge in [0.15, 0.2) is 0 Å². The van der Waals surface area contributed by atoms with Gasteiger partial charge < -0.3 is 10.4 Å². The van der Waals surface area contributed by atoms with Crippen LogP contribution in [0.5, 0.6) is 0 Å². The molecule has 2 N–H and O–H groups in total.